The van der Waals surface area contributed by atoms with Crippen LogP contribution in [0.4, 0.5) is 0 Å². The van der Waals surface area contributed by atoms with Crippen molar-refractivity contribution in [2.45, 2.75) is 20.4 Å². The number of carbonyl (C=O) groups excluding carboxylic acids is 1. The van der Waals surface area contributed by atoms with Gasteiger partial charge in [0.1, 0.15) is 0 Å². The standard InChI is InChI=1S/C20H22N4O2/c1-14-7-8-22-24(14)10-15-9-17(16-5-3-4-6-18(16)23-15)19(25)21-11-20(2)12-26-13-20/h3-9H,10-13H2,1-2H3,(H,21,25). The number of nitrogens with zero attached hydrogens (tertiary/aromatic N) is 3. The van der Waals surface area contributed by atoms with E-state index in [0.717, 1.165) is 22.3 Å². The van der Waals surface area contributed by atoms with Crippen molar-refractivity contribution in [1.29, 1.82) is 0 Å². The Morgan fingerprint density at radius 2 is 2.12 bits per heavy atom. The normalized spacial score (nSPS) is 15.6. The van der Waals surface area contributed by atoms with Gasteiger partial charge in [-0.05, 0) is 25.1 Å². The van der Waals surface area contributed by atoms with Crippen molar-refractivity contribution in [2.24, 2.45) is 5.41 Å². The molecule has 6 nitrogen and oxygen atoms in total. The van der Waals surface area contributed by atoms with Gasteiger partial charge in [-0.1, -0.05) is 25.1 Å². The van der Waals surface area contributed by atoms with Crippen LogP contribution < -0.4 is 5.32 Å². The van der Waals surface area contributed by atoms with Gasteiger partial charge in [0, 0.05) is 29.2 Å². The Morgan fingerprint density at radius 1 is 1.31 bits per heavy atom. The maximum atomic E-state index is 12.9. The van der Waals surface area contributed by atoms with E-state index in [1.54, 1.807) is 6.20 Å². The van der Waals surface area contributed by atoms with E-state index < -0.39 is 0 Å². The molecule has 1 aliphatic rings. The number of hydrogen-bond acceptors (Lipinski definition) is 4. The van der Waals surface area contributed by atoms with Gasteiger partial charge in [-0.25, -0.2) is 0 Å². The second-order valence-corrected chi connectivity index (χ2v) is 7.29. The summed E-state index contributed by atoms with van der Waals surface area (Å²) in [7, 11) is 0. The molecule has 134 valence electrons. The van der Waals surface area contributed by atoms with Crippen molar-refractivity contribution in [2.75, 3.05) is 19.8 Å². The highest BCUT2D eigenvalue weighted by atomic mass is 16.5. The second-order valence-electron chi connectivity index (χ2n) is 7.29. The van der Waals surface area contributed by atoms with E-state index >= 15 is 0 Å². The Kier molecular flexibility index (Phi) is 4.20. The van der Waals surface area contributed by atoms with E-state index in [9.17, 15) is 4.79 Å². The van der Waals surface area contributed by atoms with E-state index in [4.69, 9.17) is 9.72 Å². The first-order valence-electron chi connectivity index (χ1n) is 8.77. The first-order chi connectivity index (χ1) is 12.5. The molecule has 0 spiro atoms. The molecule has 26 heavy (non-hydrogen) atoms. The summed E-state index contributed by atoms with van der Waals surface area (Å²) in [5.74, 6) is -0.0739. The maximum absolute atomic E-state index is 12.9. The van der Waals surface area contributed by atoms with Crippen LogP contribution in [0.2, 0.25) is 0 Å². The molecule has 0 bridgehead atoms. The van der Waals surface area contributed by atoms with Crippen molar-refractivity contribution in [3.63, 3.8) is 0 Å². The molecule has 1 fully saturated rings. The molecule has 4 rings (SSSR count). The summed E-state index contributed by atoms with van der Waals surface area (Å²) in [6.07, 6.45) is 1.77. The number of fused-ring (bicyclic) bond motifs is 1. The van der Waals surface area contributed by atoms with Crippen molar-refractivity contribution in [1.82, 2.24) is 20.1 Å². The minimum absolute atomic E-state index is 0.0352. The average Bonchev–Trinajstić information content (AvgIpc) is 3.02. The Labute approximate surface area is 152 Å². The fourth-order valence-electron chi connectivity index (χ4n) is 3.16. The van der Waals surface area contributed by atoms with Crippen molar-refractivity contribution < 1.29 is 9.53 Å². The summed E-state index contributed by atoms with van der Waals surface area (Å²) >= 11 is 0. The number of rotatable bonds is 5. The van der Waals surface area contributed by atoms with Crippen LogP contribution in [-0.4, -0.2) is 40.4 Å². The van der Waals surface area contributed by atoms with Crippen LogP contribution in [0.25, 0.3) is 10.9 Å². The van der Waals surface area contributed by atoms with Gasteiger partial charge in [0.15, 0.2) is 0 Å². The SMILES string of the molecule is Cc1ccnn1Cc1cc(C(=O)NCC2(C)COC2)c2ccccc2n1. The number of nitrogens with one attached hydrogen (secondary N) is 1. The van der Waals surface area contributed by atoms with Crippen LogP contribution in [0.5, 0.6) is 0 Å². The Bertz CT molecular complexity index is 959. The smallest absolute Gasteiger partial charge is 0.252 e. The molecule has 3 heterocycles. The number of hydrogen-bond donors (Lipinski definition) is 1. The van der Waals surface area contributed by atoms with Crippen LogP contribution in [0.15, 0.2) is 42.6 Å². The van der Waals surface area contributed by atoms with Crippen molar-refractivity contribution in [3.8, 4) is 0 Å². The van der Waals surface area contributed by atoms with Gasteiger partial charge in [0.05, 0.1) is 36.5 Å². The maximum Gasteiger partial charge on any atom is 0.252 e. The number of amides is 1. The summed E-state index contributed by atoms with van der Waals surface area (Å²) < 4.78 is 7.14. The summed E-state index contributed by atoms with van der Waals surface area (Å²) in [4.78, 5) is 17.6. The van der Waals surface area contributed by atoms with Crippen LogP contribution in [-0.2, 0) is 11.3 Å². The minimum atomic E-state index is -0.0739. The molecule has 0 radical (unpaired) electrons. The number of ether oxygens (including phenoxy) is 1. The number of aryl methyl sites for hydroxylation is 1. The summed E-state index contributed by atoms with van der Waals surface area (Å²) in [5, 5.41) is 8.24. The molecule has 0 saturated carbocycles. The zero-order valence-corrected chi connectivity index (χ0v) is 15.0. The molecular weight excluding hydrogens is 328 g/mol. The van der Waals surface area contributed by atoms with Gasteiger partial charge < -0.3 is 10.1 Å². The fourth-order valence-corrected chi connectivity index (χ4v) is 3.16. The van der Waals surface area contributed by atoms with Gasteiger partial charge in [0.2, 0.25) is 0 Å². The summed E-state index contributed by atoms with van der Waals surface area (Å²) in [6, 6.07) is 11.6. The number of aromatic nitrogens is 3. The van der Waals surface area contributed by atoms with Crippen LogP contribution >= 0.6 is 0 Å². The monoisotopic (exact) mass is 350 g/mol. The molecule has 1 amide bonds. The van der Waals surface area contributed by atoms with E-state index in [-0.39, 0.29) is 11.3 Å². The third-order valence-corrected chi connectivity index (χ3v) is 4.83. The number of pyridine rings is 1. The minimum Gasteiger partial charge on any atom is -0.380 e. The molecule has 3 aromatic rings. The molecule has 1 aliphatic heterocycles. The summed E-state index contributed by atoms with van der Waals surface area (Å²) in [6.45, 7) is 6.64. The molecule has 6 heteroatoms. The predicted molar refractivity (Wildman–Crippen MR) is 99.1 cm³/mol. The van der Waals surface area contributed by atoms with Gasteiger partial charge in [-0.3, -0.25) is 14.5 Å². The van der Waals surface area contributed by atoms with Crippen LogP contribution in [0, 0.1) is 12.3 Å². The molecule has 1 aromatic carbocycles. The number of carbonyl (C=O) groups is 1. The van der Waals surface area contributed by atoms with Crippen molar-refractivity contribution >= 4 is 16.8 Å². The lowest BCUT2D eigenvalue weighted by molar-refractivity contribution is -0.0978. The first kappa shape index (κ1) is 16.7. The fraction of sp³-hybridized carbons (Fsp3) is 0.350. The van der Waals surface area contributed by atoms with Crippen LogP contribution in [0.1, 0.15) is 28.7 Å². The zero-order chi connectivity index (χ0) is 18.1. The number of benzene rings is 1. The number of para-hydroxylation sites is 1. The van der Waals surface area contributed by atoms with Crippen LogP contribution in [0.3, 0.4) is 0 Å². The largest absolute Gasteiger partial charge is 0.380 e. The molecule has 1 saturated heterocycles. The third kappa shape index (κ3) is 3.20. The van der Waals surface area contributed by atoms with Gasteiger partial charge in [-0.15, -0.1) is 0 Å². The van der Waals surface area contributed by atoms with E-state index in [1.165, 1.54) is 0 Å². The van der Waals surface area contributed by atoms with E-state index in [2.05, 4.69) is 17.3 Å². The topological polar surface area (TPSA) is 69.0 Å². The molecular formula is C20H22N4O2. The zero-order valence-electron chi connectivity index (χ0n) is 15.0. The Balaban J connectivity index is 1.65. The van der Waals surface area contributed by atoms with E-state index in [1.807, 2.05) is 48.0 Å². The van der Waals surface area contributed by atoms with Gasteiger partial charge >= 0.3 is 0 Å². The Morgan fingerprint density at radius 3 is 2.81 bits per heavy atom. The molecule has 0 unspecified atom stereocenters. The molecule has 0 atom stereocenters. The van der Waals surface area contributed by atoms with Crippen molar-refractivity contribution in [3.05, 3.63) is 59.5 Å². The molecule has 1 N–H and O–H groups in total. The lowest BCUT2D eigenvalue weighted by atomic mass is 9.88. The Hall–Kier alpha value is -2.73. The lowest BCUT2D eigenvalue weighted by Gasteiger charge is -2.38. The molecule has 0 aliphatic carbocycles. The highest BCUT2D eigenvalue weighted by molar-refractivity contribution is 6.06. The quantitative estimate of drug-likeness (QED) is 0.768. The summed E-state index contributed by atoms with van der Waals surface area (Å²) in [5.41, 5.74) is 3.38. The highest BCUT2D eigenvalue weighted by Crippen LogP contribution is 2.26. The third-order valence-electron chi connectivity index (χ3n) is 4.83. The highest BCUT2D eigenvalue weighted by Gasteiger charge is 2.33. The first-order valence-corrected chi connectivity index (χ1v) is 8.77. The van der Waals surface area contributed by atoms with E-state index in [0.29, 0.717) is 31.9 Å². The van der Waals surface area contributed by atoms with Gasteiger partial charge in [-0.2, -0.15) is 5.10 Å². The average molecular weight is 350 g/mol. The lowest BCUT2D eigenvalue weighted by Crippen LogP contribution is -2.48. The molecule has 2 aromatic heterocycles. The predicted octanol–water partition coefficient (Wildman–Crippen LogP) is 2.55. The van der Waals surface area contributed by atoms with Gasteiger partial charge in [0.25, 0.3) is 5.91 Å². The second kappa shape index (κ2) is 6.53.